The molecule has 2 aromatic rings. The number of nitrogens with one attached hydrogen (secondary N) is 1. The van der Waals surface area contributed by atoms with E-state index in [1.165, 1.54) is 16.4 Å². The Hall–Kier alpha value is -3.13. The molecule has 10 heteroatoms. The van der Waals surface area contributed by atoms with E-state index >= 15 is 0 Å². The Labute approximate surface area is 187 Å². The van der Waals surface area contributed by atoms with Gasteiger partial charge in [-0.25, -0.2) is 8.42 Å². The minimum Gasteiger partial charge on any atom is -0.490 e. The first-order valence-electron chi connectivity index (χ1n) is 10.4. The smallest absolute Gasteiger partial charge is 0.244 e. The Kier molecular flexibility index (Phi) is 6.60. The Bertz CT molecular complexity index is 1140. The summed E-state index contributed by atoms with van der Waals surface area (Å²) in [6.07, 6.45) is 0.806. The van der Waals surface area contributed by atoms with Gasteiger partial charge in [-0.05, 0) is 24.3 Å². The number of carbonyl (C=O) groups excluding carboxylic acids is 1. The Balaban J connectivity index is 1.33. The Morgan fingerprint density at radius 3 is 2.50 bits per heavy atom. The second kappa shape index (κ2) is 9.56. The number of piperazine rings is 1. The van der Waals surface area contributed by atoms with Crippen LogP contribution in [0.15, 0.2) is 47.4 Å². The fraction of sp³-hybridized carbons (Fsp3) is 0.364. The van der Waals surface area contributed by atoms with Gasteiger partial charge in [0.15, 0.2) is 11.5 Å². The number of ether oxygens (including phenoxy) is 2. The van der Waals surface area contributed by atoms with Gasteiger partial charge in [0, 0.05) is 44.4 Å². The predicted octanol–water partition coefficient (Wildman–Crippen LogP) is 1.66. The third kappa shape index (κ3) is 4.85. The van der Waals surface area contributed by atoms with E-state index in [9.17, 15) is 18.5 Å². The van der Waals surface area contributed by atoms with Gasteiger partial charge in [0.2, 0.25) is 15.9 Å². The van der Waals surface area contributed by atoms with Gasteiger partial charge in [-0.3, -0.25) is 9.69 Å². The molecule has 168 valence electrons. The third-order valence-electron chi connectivity index (χ3n) is 5.36. The summed E-state index contributed by atoms with van der Waals surface area (Å²) in [5.41, 5.74) is 0.748. The van der Waals surface area contributed by atoms with Crippen molar-refractivity contribution < 1.29 is 22.7 Å². The summed E-state index contributed by atoms with van der Waals surface area (Å²) in [5, 5.41) is 12.1. The van der Waals surface area contributed by atoms with Crippen LogP contribution in [0.2, 0.25) is 0 Å². The SMILES string of the molecule is N#Cc1ccccc1S(=O)(=O)N1CCN(CC(=O)Nc2ccc3c(c2)OCCCO3)CC1. The number of hydrogen-bond acceptors (Lipinski definition) is 7. The first kappa shape index (κ1) is 22.1. The number of sulfonamides is 1. The van der Waals surface area contributed by atoms with Gasteiger partial charge in [-0.2, -0.15) is 9.57 Å². The van der Waals surface area contributed by atoms with E-state index in [2.05, 4.69) is 5.32 Å². The number of anilines is 1. The van der Waals surface area contributed by atoms with Gasteiger partial charge in [-0.15, -0.1) is 0 Å². The predicted molar refractivity (Wildman–Crippen MR) is 117 cm³/mol. The standard InChI is InChI=1S/C22H24N4O5S/c23-15-17-4-1-2-5-21(17)32(28,29)26-10-8-25(9-11-26)16-22(27)24-18-6-7-19-20(14-18)31-13-3-12-30-19/h1-2,4-7,14H,3,8-13,16H2,(H,24,27). The summed E-state index contributed by atoms with van der Waals surface area (Å²) in [6.45, 7) is 2.65. The lowest BCUT2D eigenvalue weighted by atomic mass is 10.2. The number of rotatable bonds is 5. The van der Waals surface area contributed by atoms with Crippen LogP contribution in [-0.4, -0.2) is 69.5 Å². The molecule has 0 bridgehead atoms. The highest BCUT2D eigenvalue weighted by Crippen LogP contribution is 2.32. The molecule has 2 aliphatic rings. The normalized spacial score (nSPS) is 17.2. The Morgan fingerprint density at radius 2 is 1.75 bits per heavy atom. The van der Waals surface area contributed by atoms with Gasteiger partial charge in [0.25, 0.3) is 0 Å². The monoisotopic (exact) mass is 456 g/mol. The number of nitrogens with zero attached hydrogens (tertiary/aromatic N) is 3. The minimum atomic E-state index is -3.76. The molecule has 2 aliphatic heterocycles. The number of benzene rings is 2. The molecule has 1 fully saturated rings. The molecule has 0 saturated carbocycles. The van der Waals surface area contributed by atoms with Gasteiger partial charge in [0.1, 0.15) is 6.07 Å². The van der Waals surface area contributed by atoms with Crippen molar-refractivity contribution in [3.8, 4) is 17.6 Å². The second-order valence-corrected chi connectivity index (χ2v) is 9.45. The molecule has 0 aromatic heterocycles. The maximum Gasteiger partial charge on any atom is 0.244 e. The van der Waals surface area contributed by atoms with E-state index in [-0.39, 0.29) is 36.0 Å². The van der Waals surface area contributed by atoms with E-state index < -0.39 is 10.0 Å². The maximum atomic E-state index is 12.9. The first-order valence-corrected chi connectivity index (χ1v) is 11.8. The number of carbonyl (C=O) groups is 1. The summed E-state index contributed by atoms with van der Waals surface area (Å²) in [6, 6.07) is 13.4. The topological polar surface area (TPSA) is 112 Å². The van der Waals surface area contributed by atoms with Crippen molar-refractivity contribution >= 4 is 21.6 Å². The summed E-state index contributed by atoms with van der Waals surface area (Å²) in [7, 11) is -3.76. The lowest BCUT2D eigenvalue weighted by Gasteiger charge is -2.33. The molecule has 1 saturated heterocycles. The quantitative estimate of drug-likeness (QED) is 0.728. The van der Waals surface area contributed by atoms with Crippen LogP contribution >= 0.6 is 0 Å². The molecular weight excluding hydrogens is 432 g/mol. The molecule has 32 heavy (non-hydrogen) atoms. The van der Waals surface area contributed by atoms with Crippen LogP contribution in [0.4, 0.5) is 5.69 Å². The summed E-state index contributed by atoms with van der Waals surface area (Å²) < 4.78 is 38.5. The maximum absolute atomic E-state index is 12.9. The molecule has 1 N–H and O–H groups in total. The van der Waals surface area contributed by atoms with Gasteiger partial charge in [0.05, 0.1) is 30.2 Å². The van der Waals surface area contributed by atoms with Crippen molar-refractivity contribution in [2.75, 3.05) is 51.3 Å². The molecule has 9 nitrogen and oxygen atoms in total. The summed E-state index contributed by atoms with van der Waals surface area (Å²) in [4.78, 5) is 14.4. The average molecular weight is 457 g/mol. The number of amides is 1. The van der Waals surface area contributed by atoms with Gasteiger partial charge >= 0.3 is 0 Å². The second-order valence-electron chi connectivity index (χ2n) is 7.55. The van der Waals surface area contributed by atoms with Crippen molar-refractivity contribution in [1.29, 1.82) is 5.26 Å². The van der Waals surface area contributed by atoms with Gasteiger partial charge < -0.3 is 14.8 Å². The minimum absolute atomic E-state index is 0.0168. The molecule has 2 heterocycles. The zero-order chi connectivity index (χ0) is 22.6. The molecule has 4 rings (SSSR count). The molecule has 0 unspecified atom stereocenters. The van der Waals surface area contributed by atoms with Crippen LogP contribution in [0.5, 0.6) is 11.5 Å². The largest absolute Gasteiger partial charge is 0.490 e. The first-order chi connectivity index (χ1) is 15.5. The zero-order valence-electron chi connectivity index (χ0n) is 17.5. The Morgan fingerprint density at radius 1 is 1.03 bits per heavy atom. The lowest BCUT2D eigenvalue weighted by Crippen LogP contribution is -2.50. The third-order valence-corrected chi connectivity index (χ3v) is 7.31. The van der Waals surface area contributed by atoms with E-state index in [1.54, 1.807) is 30.3 Å². The zero-order valence-corrected chi connectivity index (χ0v) is 18.3. The van der Waals surface area contributed by atoms with Crippen LogP contribution < -0.4 is 14.8 Å². The number of fused-ring (bicyclic) bond motifs is 1. The fourth-order valence-corrected chi connectivity index (χ4v) is 5.26. The van der Waals surface area contributed by atoms with Crippen molar-refractivity contribution in [3.63, 3.8) is 0 Å². The van der Waals surface area contributed by atoms with Crippen molar-refractivity contribution in [3.05, 3.63) is 48.0 Å². The lowest BCUT2D eigenvalue weighted by molar-refractivity contribution is -0.117. The highest BCUT2D eigenvalue weighted by atomic mass is 32.2. The van der Waals surface area contributed by atoms with Crippen molar-refractivity contribution in [1.82, 2.24) is 9.21 Å². The molecule has 2 aromatic carbocycles. The van der Waals surface area contributed by atoms with Crippen molar-refractivity contribution in [2.24, 2.45) is 0 Å². The average Bonchev–Trinajstić information content (AvgIpc) is 3.04. The van der Waals surface area contributed by atoms with Crippen LogP contribution in [0, 0.1) is 11.3 Å². The van der Waals surface area contributed by atoms with E-state index in [0.717, 1.165) is 6.42 Å². The van der Waals surface area contributed by atoms with Crippen LogP contribution in [0.25, 0.3) is 0 Å². The highest BCUT2D eigenvalue weighted by Gasteiger charge is 2.30. The summed E-state index contributed by atoms with van der Waals surface area (Å²) in [5.74, 6) is 1.08. The van der Waals surface area contributed by atoms with E-state index in [4.69, 9.17) is 9.47 Å². The van der Waals surface area contributed by atoms with E-state index in [0.29, 0.717) is 43.5 Å². The van der Waals surface area contributed by atoms with Crippen LogP contribution in [0.1, 0.15) is 12.0 Å². The van der Waals surface area contributed by atoms with Crippen molar-refractivity contribution in [2.45, 2.75) is 11.3 Å². The highest BCUT2D eigenvalue weighted by molar-refractivity contribution is 7.89. The molecule has 0 radical (unpaired) electrons. The van der Waals surface area contributed by atoms with Gasteiger partial charge in [-0.1, -0.05) is 12.1 Å². The van der Waals surface area contributed by atoms with E-state index in [1.807, 2.05) is 11.0 Å². The molecular formula is C22H24N4O5S. The molecule has 0 aliphatic carbocycles. The summed E-state index contributed by atoms with van der Waals surface area (Å²) >= 11 is 0. The molecule has 0 atom stereocenters. The van der Waals surface area contributed by atoms with Crippen LogP contribution in [0.3, 0.4) is 0 Å². The fourth-order valence-electron chi connectivity index (χ4n) is 3.70. The number of hydrogen-bond donors (Lipinski definition) is 1. The van der Waals surface area contributed by atoms with Crippen LogP contribution in [-0.2, 0) is 14.8 Å². The molecule has 0 spiro atoms. The molecule has 1 amide bonds. The number of nitriles is 1.